The first-order valence-electron chi connectivity index (χ1n) is 6.63. The molecule has 1 heterocycles. The summed E-state index contributed by atoms with van der Waals surface area (Å²) < 4.78 is 5.21. The Hall–Kier alpha value is -3.26. The van der Waals surface area contributed by atoms with Gasteiger partial charge in [0.1, 0.15) is 17.9 Å². The molecule has 0 amide bonds. The van der Waals surface area contributed by atoms with E-state index in [2.05, 4.69) is 21.2 Å². The number of methoxy groups -OCH3 is 1. The molecule has 5 heteroatoms. The molecule has 0 spiro atoms. The van der Waals surface area contributed by atoms with Gasteiger partial charge in [-0.1, -0.05) is 12.0 Å². The minimum Gasteiger partial charge on any atom is -0.495 e. The highest BCUT2D eigenvalue weighted by Crippen LogP contribution is 2.31. The summed E-state index contributed by atoms with van der Waals surface area (Å²) in [4.78, 5) is 8.53. The predicted molar refractivity (Wildman–Crippen MR) is 88.2 cm³/mol. The zero-order valence-corrected chi connectivity index (χ0v) is 12.0. The zero-order chi connectivity index (χ0) is 15.5. The third-order valence-corrected chi connectivity index (χ3v) is 3.28. The van der Waals surface area contributed by atoms with Gasteiger partial charge in [-0.15, -0.1) is 6.42 Å². The number of aromatic nitrogens is 2. The second-order valence-corrected chi connectivity index (χ2v) is 4.68. The fraction of sp³-hybridized carbons (Fsp3) is 0.0588. The minimum atomic E-state index is 0.533. The number of benzene rings is 2. The van der Waals surface area contributed by atoms with Gasteiger partial charge in [-0.2, -0.15) is 0 Å². The summed E-state index contributed by atoms with van der Waals surface area (Å²) in [6.45, 7) is 0. The molecule has 0 aliphatic rings. The average Bonchev–Trinajstić information content (AvgIpc) is 2.55. The van der Waals surface area contributed by atoms with Crippen molar-refractivity contribution in [2.45, 2.75) is 0 Å². The van der Waals surface area contributed by atoms with Crippen LogP contribution in [0.1, 0.15) is 5.56 Å². The zero-order valence-electron chi connectivity index (χ0n) is 12.0. The third-order valence-electron chi connectivity index (χ3n) is 3.28. The largest absolute Gasteiger partial charge is 0.495 e. The lowest BCUT2D eigenvalue weighted by Gasteiger charge is -2.11. The molecule has 5 nitrogen and oxygen atoms in total. The van der Waals surface area contributed by atoms with E-state index in [1.807, 2.05) is 24.3 Å². The van der Waals surface area contributed by atoms with Crippen LogP contribution in [0.15, 0.2) is 42.7 Å². The number of nitrogens with two attached hydrogens (primary N) is 1. The van der Waals surface area contributed by atoms with Crippen LogP contribution in [0.25, 0.3) is 10.9 Å². The monoisotopic (exact) mass is 290 g/mol. The molecule has 3 N–H and O–H groups in total. The van der Waals surface area contributed by atoms with E-state index in [1.54, 1.807) is 19.2 Å². The van der Waals surface area contributed by atoms with Crippen molar-refractivity contribution in [3.8, 4) is 18.1 Å². The fourth-order valence-corrected chi connectivity index (χ4v) is 2.20. The fourth-order valence-electron chi connectivity index (χ4n) is 2.20. The van der Waals surface area contributed by atoms with Gasteiger partial charge in [-0.25, -0.2) is 9.97 Å². The molecule has 0 atom stereocenters. The van der Waals surface area contributed by atoms with Gasteiger partial charge in [0.05, 0.1) is 18.3 Å². The van der Waals surface area contributed by atoms with Crippen molar-refractivity contribution < 1.29 is 4.74 Å². The lowest BCUT2D eigenvalue weighted by molar-refractivity contribution is 0.417. The molecule has 0 saturated heterocycles. The number of nitrogens with zero attached hydrogens (tertiary/aromatic N) is 2. The van der Waals surface area contributed by atoms with Crippen molar-refractivity contribution in [3.63, 3.8) is 0 Å². The molecule has 3 aromatic rings. The summed E-state index contributed by atoms with van der Waals surface area (Å²) in [7, 11) is 1.57. The van der Waals surface area contributed by atoms with Crippen molar-refractivity contribution in [1.82, 2.24) is 9.97 Å². The molecule has 0 aliphatic heterocycles. The number of terminal acetylenes is 1. The summed E-state index contributed by atoms with van der Waals surface area (Å²) in [6, 6.07) is 11.1. The quantitative estimate of drug-likeness (QED) is 0.573. The van der Waals surface area contributed by atoms with Crippen molar-refractivity contribution in [1.29, 1.82) is 0 Å². The summed E-state index contributed by atoms with van der Waals surface area (Å²) in [5, 5.41) is 4.06. The standard InChI is InChI=1S/C17H14N4O/c1-3-11-5-4-6-12(7-11)21-17-13-8-14(18)16(22-2)9-15(13)19-10-20-17/h1,4-10H,18H2,2H3,(H,19,20,21). The van der Waals surface area contributed by atoms with Gasteiger partial charge in [0.15, 0.2) is 0 Å². The van der Waals surface area contributed by atoms with Crippen LogP contribution in [-0.2, 0) is 0 Å². The molecule has 1 aromatic heterocycles. The Kier molecular flexibility index (Phi) is 3.50. The number of nitrogens with one attached hydrogen (secondary N) is 1. The molecule has 0 fully saturated rings. The van der Waals surface area contributed by atoms with E-state index in [-0.39, 0.29) is 0 Å². The lowest BCUT2D eigenvalue weighted by atomic mass is 10.1. The van der Waals surface area contributed by atoms with Crippen LogP contribution in [-0.4, -0.2) is 17.1 Å². The summed E-state index contributed by atoms with van der Waals surface area (Å²) in [6.07, 6.45) is 6.91. The average molecular weight is 290 g/mol. The van der Waals surface area contributed by atoms with E-state index in [9.17, 15) is 0 Å². The predicted octanol–water partition coefficient (Wildman–Crippen LogP) is 2.95. The Morgan fingerprint density at radius 2 is 2.09 bits per heavy atom. The Labute approximate surface area is 128 Å². The SMILES string of the molecule is C#Cc1cccc(Nc2ncnc3cc(OC)c(N)cc23)c1. The number of ether oxygens (including phenoxy) is 1. The molecule has 22 heavy (non-hydrogen) atoms. The first-order chi connectivity index (χ1) is 10.7. The Balaban J connectivity index is 2.07. The normalized spacial score (nSPS) is 10.2. The minimum absolute atomic E-state index is 0.533. The molecule has 0 radical (unpaired) electrons. The molecule has 0 bridgehead atoms. The molecular formula is C17H14N4O. The second-order valence-electron chi connectivity index (χ2n) is 4.68. The van der Waals surface area contributed by atoms with Gasteiger partial charge in [-0.3, -0.25) is 0 Å². The number of hydrogen-bond donors (Lipinski definition) is 2. The van der Waals surface area contributed by atoms with Gasteiger partial charge < -0.3 is 15.8 Å². The highest BCUT2D eigenvalue weighted by atomic mass is 16.5. The van der Waals surface area contributed by atoms with E-state index in [0.717, 1.165) is 22.2 Å². The van der Waals surface area contributed by atoms with Crippen LogP contribution in [0, 0.1) is 12.3 Å². The highest BCUT2D eigenvalue weighted by molar-refractivity contribution is 5.94. The molecule has 3 rings (SSSR count). The number of rotatable bonds is 3. The van der Waals surface area contributed by atoms with E-state index in [4.69, 9.17) is 16.9 Å². The van der Waals surface area contributed by atoms with Crippen LogP contribution in [0.2, 0.25) is 0 Å². The molecule has 0 aliphatic carbocycles. The first kappa shape index (κ1) is 13.7. The smallest absolute Gasteiger partial charge is 0.143 e. The van der Waals surface area contributed by atoms with Crippen LogP contribution in [0.5, 0.6) is 5.75 Å². The molecule has 2 aromatic carbocycles. The van der Waals surface area contributed by atoms with Gasteiger partial charge in [0, 0.05) is 22.7 Å². The number of anilines is 3. The lowest BCUT2D eigenvalue weighted by Crippen LogP contribution is -1.98. The molecule has 108 valence electrons. The molecular weight excluding hydrogens is 276 g/mol. The maximum atomic E-state index is 5.97. The molecule has 0 saturated carbocycles. The third kappa shape index (κ3) is 2.50. The first-order valence-corrected chi connectivity index (χ1v) is 6.63. The maximum absolute atomic E-state index is 5.97. The van der Waals surface area contributed by atoms with Gasteiger partial charge in [0.25, 0.3) is 0 Å². The maximum Gasteiger partial charge on any atom is 0.143 e. The van der Waals surface area contributed by atoms with Crippen molar-refractivity contribution in [2.24, 2.45) is 0 Å². The van der Waals surface area contributed by atoms with E-state index < -0.39 is 0 Å². The van der Waals surface area contributed by atoms with Gasteiger partial charge in [-0.05, 0) is 24.3 Å². The van der Waals surface area contributed by atoms with E-state index >= 15 is 0 Å². The Morgan fingerprint density at radius 3 is 2.86 bits per heavy atom. The Morgan fingerprint density at radius 1 is 1.23 bits per heavy atom. The van der Waals surface area contributed by atoms with Crippen molar-refractivity contribution in [3.05, 3.63) is 48.3 Å². The number of hydrogen-bond acceptors (Lipinski definition) is 5. The summed E-state index contributed by atoms with van der Waals surface area (Å²) in [5.74, 6) is 3.86. The Bertz CT molecular complexity index is 883. The van der Waals surface area contributed by atoms with Crippen LogP contribution >= 0.6 is 0 Å². The topological polar surface area (TPSA) is 73.1 Å². The number of nitrogen functional groups attached to an aromatic ring is 1. The van der Waals surface area contributed by atoms with Crippen molar-refractivity contribution in [2.75, 3.05) is 18.2 Å². The van der Waals surface area contributed by atoms with Crippen molar-refractivity contribution >= 4 is 28.1 Å². The van der Waals surface area contributed by atoms with Crippen LogP contribution in [0.4, 0.5) is 17.2 Å². The summed E-state index contributed by atoms with van der Waals surface area (Å²) >= 11 is 0. The molecule has 0 unspecified atom stereocenters. The van der Waals surface area contributed by atoms with E-state index in [1.165, 1.54) is 6.33 Å². The summed E-state index contributed by atoms with van der Waals surface area (Å²) in [5.41, 5.74) is 8.90. The van der Waals surface area contributed by atoms with E-state index in [0.29, 0.717) is 17.3 Å². The van der Waals surface area contributed by atoms with Gasteiger partial charge >= 0.3 is 0 Å². The number of fused-ring (bicyclic) bond motifs is 1. The van der Waals surface area contributed by atoms with Gasteiger partial charge in [0.2, 0.25) is 0 Å². The van der Waals surface area contributed by atoms with Crippen LogP contribution in [0.3, 0.4) is 0 Å². The second kappa shape index (κ2) is 5.62. The highest BCUT2D eigenvalue weighted by Gasteiger charge is 2.08. The van der Waals surface area contributed by atoms with Crippen LogP contribution < -0.4 is 15.8 Å².